The van der Waals surface area contributed by atoms with Gasteiger partial charge in [-0.15, -0.1) is 0 Å². The number of nitrogens with zero attached hydrogens (tertiary/aromatic N) is 5. The van der Waals surface area contributed by atoms with E-state index >= 15 is 0 Å². The number of fused-ring (bicyclic) bond motifs is 1. The fraction of sp³-hybridized carbons (Fsp3) is 0.467. The van der Waals surface area contributed by atoms with E-state index in [0.29, 0.717) is 31.4 Å². The molecule has 2 fully saturated rings. The summed E-state index contributed by atoms with van der Waals surface area (Å²) in [5.74, 6) is -1.35. The molecule has 2 aliphatic heterocycles. The van der Waals surface area contributed by atoms with Crippen molar-refractivity contribution in [3.63, 3.8) is 0 Å². The minimum absolute atomic E-state index is 0.0446. The number of rotatable bonds is 7. The second-order valence-electron chi connectivity index (χ2n) is 12.2. The molecule has 3 heterocycles. The van der Waals surface area contributed by atoms with Gasteiger partial charge in [0.15, 0.2) is 11.6 Å². The lowest BCUT2D eigenvalue weighted by atomic mass is 9.97. The third-order valence-corrected chi connectivity index (χ3v) is 9.40. The first kappa shape index (κ1) is 32.1. The van der Waals surface area contributed by atoms with Crippen LogP contribution in [0.1, 0.15) is 52.1 Å². The molecule has 2 aliphatic rings. The quantitative estimate of drug-likeness (QED) is 0.400. The molecule has 2 saturated heterocycles. The minimum Gasteiger partial charge on any atom is -0.453 e. The van der Waals surface area contributed by atoms with E-state index < -0.39 is 39.1 Å². The summed E-state index contributed by atoms with van der Waals surface area (Å²) in [6, 6.07) is 7.99. The number of hydrogen-bond acceptors (Lipinski definition) is 9. The van der Waals surface area contributed by atoms with Crippen LogP contribution >= 0.6 is 0 Å². The van der Waals surface area contributed by atoms with E-state index in [1.54, 1.807) is 11.8 Å². The van der Waals surface area contributed by atoms with Crippen molar-refractivity contribution in [2.24, 2.45) is 0 Å². The maximum Gasteiger partial charge on any atom is 0.410 e. The maximum atomic E-state index is 14.9. The van der Waals surface area contributed by atoms with E-state index in [9.17, 15) is 27.7 Å². The Morgan fingerprint density at radius 2 is 2.07 bits per heavy atom. The van der Waals surface area contributed by atoms with Crippen LogP contribution in [0.25, 0.3) is 10.9 Å². The topological polar surface area (TPSA) is 156 Å². The fourth-order valence-electron chi connectivity index (χ4n) is 5.41. The van der Waals surface area contributed by atoms with E-state index in [1.165, 1.54) is 36.1 Å². The number of halogens is 1. The number of benzene rings is 2. The Balaban J connectivity index is 1.39. The molecule has 13 nitrogen and oxygen atoms in total. The Morgan fingerprint density at radius 3 is 2.76 bits per heavy atom. The lowest BCUT2D eigenvalue weighted by Crippen LogP contribution is -2.39. The summed E-state index contributed by atoms with van der Waals surface area (Å²) in [7, 11) is -2.65. The lowest BCUT2D eigenvalue weighted by molar-refractivity contribution is 0.000168. The van der Waals surface area contributed by atoms with Crippen LogP contribution in [-0.2, 0) is 19.7 Å². The van der Waals surface area contributed by atoms with Crippen LogP contribution in [0.4, 0.5) is 14.9 Å². The molecule has 5 rings (SSSR count). The van der Waals surface area contributed by atoms with Gasteiger partial charge < -0.3 is 19.1 Å². The van der Waals surface area contributed by atoms with Crippen molar-refractivity contribution in [3.8, 4) is 17.6 Å². The molecule has 2 aromatic carbocycles. The molecule has 240 valence electrons. The number of aromatic nitrogens is 2. The maximum absolute atomic E-state index is 14.9. The van der Waals surface area contributed by atoms with Gasteiger partial charge in [-0.3, -0.25) is 14.1 Å². The SMILES string of the molecule is CCN(C)S(=O)(=O)Nc1ccc(F)c(Oc2ccc3ncn([C@H]4CO[C@]5(CCN(C(=O)OC(C)(C)C)C5)C4)c(=O)c3c2)c1C#N. The van der Waals surface area contributed by atoms with Crippen molar-refractivity contribution in [1.29, 1.82) is 5.26 Å². The first-order valence-electron chi connectivity index (χ1n) is 14.4. The Labute approximate surface area is 260 Å². The monoisotopic (exact) mass is 642 g/mol. The summed E-state index contributed by atoms with van der Waals surface area (Å²) in [5.41, 5.74) is -1.75. The molecule has 0 radical (unpaired) electrons. The molecular formula is C30H35FN6O7S. The van der Waals surface area contributed by atoms with Gasteiger partial charge in [-0.25, -0.2) is 14.2 Å². The van der Waals surface area contributed by atoms with Gasteiger partial charge in [-0.1, -0.05) is 6.92 Å². The number of likely N-dealkylation sites (tertiary alicyclic amines) is 1. The Hall–Kier alpha value is -4.26. The smallest absolute Gasteiger partial charge is 0.410 e. The average Bonchev–Trinajstić information content (AvgIpc) is 3.60. The van der Waals surface area contributed by atoms with E-state index in [2.05, 4.69) is 9.71 Å². The zero-order valence-electron chi connectivity index (χ0n) is 25.7. The largest absolute Gasteiger partial charge is 0.453 e. The van der Waals surface area contributed by atoms with Crippen molar-refractivity contribution in [3.05, 3.63) is 58.4 Å². The Kier molecular flexibility index (Phi) is 8.51. The van der Waals surface area contributed by atoms with Gasteiger partial charge in [-0.2, -0.15) is 18.0 Å². The molecule has 0 aliphatic carbocycles. The van der Waals surface area contributed by atoms with Gasteiger partial charge in [0.1, 0.15) is 23.0 Å². The van der Waals surface area contributed by atoms with Crippen LogP contribution in [0.5, 0.6) is 11.5 Å². The normalized spacial score (nSPS) is 20.1. The highest BCUT2D eigenvalue weighted by atomic mass is 32.2. The van der Waals surface area contributed by atoms with E-state index in [4.69, 9.17) is 14.2 Å². The van der Waals surface area contributed by atoms with Crippen molar-refractivity contribution in [1.82, 2.24) is 18.8 Å². The van der Waals surface area contributed by atoms with Crippen LogP contribution in [0.3, 0.4) is 0 Å². The highest BCUT2D eigenvalue weighted by Gasteiger charge is 2.48. The van der Waals surface area contributed by atoms with Crippen LogP contribution in [0, 0.1) is 17.1 Å². The molecule has 0 unspecified atom stereocenters. The van der Waals surface area contributed by atoms with Crippen LogP contribution < -0.4 is 15.0 Å². The Morgan fingerprint density at radius 1 is 1.31 bits per heavy atom. The number of nitrogens with one attached hydrogen (secondary N) is 1. The summed E-state index contributed by atoms with van der Waals surface area (Å²) in [5, 5.41) is 10.00. The number of ether oxygens (including phenoxy) is 3. The lowest BCUT2D eigenvalue weighted by Gasteiger charge is -2.26. The predicted octanol–water partition coefficient (Wildman–Crippen LogP) is 4.15. The number of carbonyl (C=O) groups excluding carboxylic acids is 1. The average molecular weight is 643 g/mol. The number of anilines is 1. The Bertz CT molecular complexity index is 1850. The summed E-state index contributed by atoms with van der Waals surface area (Å²) < 4.78 is 62.3. The fourth-order valence-corrected chi connectivity index (χ4v) is 6.35. The third kappa shape index (κ3) is 6.58. The van der Waals surface area contributed by atoms with Crippen molar-refractivity contribution in [2.75, 3.05) is 38.0 Å². The summed E-state index contributed by atoms with van der Waals surface area (Å²) in [6.45, 7) is 8.31. The van der Waals surface area contributed by atoms with Gasteiger partial charge in [0.2, 0.25) is 0 Å². The zero-order chi connectivity index (χ0) is 32.7. The molecular weight excluding hydrogens is 607 g/mol. The molecule has 1 N–H and O–H groups in total. The van der Waals surface area contributed by atoms with Crippen LogP contribution in [-0.4, -0.2) is 77.8 Å². The molecule has 45 heavy (non-hydrogen) atoms. The molecule has 0 saturated carbocycles. The highest BCUT2D eigenvalue weighted by Crippen LogP contribution is 2.40. The van der Waals surface area contributed by atoms with E-state index in [0.717, 1.165) is 16.4 Å². The second-order valence-corrected chi connectivity index (χ2v) is 14.0. The minimum atomic E-state index is -4.00. The zero-order valence-corrected chi connectivity index (χ0v) is 26.5. The van der Waals surface area contributed by atoms with Crippen LogP contribution in [0.15, 0.2) is 41.5 Å². The number of amides is 1. The number of carbonyl (C=O) groups is 1. The third-order valence-electron chi connectivity index (χ3n) is 7.84. The van der Waals surface area contributed by atoms with Crippen molar-refractivity contribution in [2.45, 2.75) is 57.8 Å². The number of hydrogen-bond donors (Lipinski definition) is 1. The van der Waals surface area contributed by atoms with E-state index in [-0.39, 0.29) is 47.1 Å². The van der Waals surface area contributed by atoms with Crippen molar-refractivity contribution < 1.29 is 31.8 Å². The summed E-state index contributed by atoms with van der Waals surface area (Å²) in [4.78, 5) is 32.3. The first-order valence-corrected chi connectivity index (χ1v) is 15.9. The van der Waals surface area contributed by atoms with Gasteiger partial charge in [-0.05, 0) is 57.5 Å². The molecule has 1 aromatic heterocycles. The standard InChI is InChI=1S/C30H35FN6O7S/c1-6-35(5)45(40,41)34-25-10-8-23(31)26(22(25)15-32)43-20-7-9-24-21(13-20)27(38)37(18-33-24)19-14-30(42-16-19)11-12-36(17-30)28(39)44-29(2,3)4/h7-10,13,18-19,34H,6,11-12,14,16-17H2,1-5H3/t19-,30-/m1/s1. The molecule has 0 bridgehead atoms. The second kappa shape index (κ2) is 11.9. The highest BCUT2D eigenvalue weighted by molar-refractivity contribution is 7.90. The van der Waals surface area contributed by atoms with Gasteiger partial charge >= 0.3 is 16.3 Å². The molecule has 1 amide bonds. The molecule has 15 heteroatoms. The van der Waals surface area contributed by atoms with Crippen LogP contribution in [0.2, 0.25) is 0 Å². The van der Waals surface area contributed by atoms with Gasteiger partial charge in [0, 0.05) is 26.6 Å². The molecule has 1 spiro atoms. The first-order chi connectivity index (χ1) is 21.1. The summed E-state index contributed by atoms with van der Waals surface area (Å²) >= 11 is 0. The molecule has 3 aromatic rings. The van der Waals surface area contributed by atoms with Gasteiger partial charge in [0.25, 0.3) is 5.56 Å². The van der Waals surface area contributed by atoms with Crippen molar-refractivity contribution >= 4 is 32.9 Å². The molecule has 2 atom stereocenters. The summed E-state index contributed by atoms with van der Waals surface area (Å²) in [6.07, 6.45) is 2.14. The van der Waals surface area contributed by atoms with E-state index in [1.807, 2.05) is 26.8 Å². The number of nitriles is 1. The predicted molar refractivity (Wildman–Crippen MR) is 163 cm³/mol. The van der Waals surface area contributed by atoms with Gasteiger partial charge in [0.05, 0.1) is 47.7 Å².